The van der Waals surface area contributed by atoms with Gasteiger partial charge in [0.2, 0.25) is 5.91 Å². The SMILES string of the molecule is C#CCN(C(=O)C1CCN(c2ccc(Cl)cn2)CC1)C1CCCCC1. The lowest BCUT2D eigenvalue weighted by Crippen LogP contribution is -2.47. The summed E-state index contributed by atoms with van der Waals surface area (Å²) in [5, 5.41) is 0.645. The normalized spacial score (nSPS) is 19.4. The molecular weight excluding hydrogens is 334 g/mol. The van der Waals surface area contributed by atoms with Crippen LogP contribution in [0.15, 0.2) is 18.3 Å². The minimum Gasteiger partial charge on any atom is -0.357 e. The first-order valence-electron chi connectivity index (χ1n) is 9.29. The highest BCUT2D eigenvalue weighted by molar-refractivity contribution is 6.30. The number of carbonyl (C=O) groups is 1. The first kappa shape index (κ1) is 18.1. The molecule has 0 bridgehead atoms. The van der Waals surface area contributed by atoms with Crippen molar-refractivity contribution in [2.45, 2.75) is 51.0 Å². The highest BCUT2D eigenvalue weighted by atomic mass is 35.5. The van der Waals surface area contributed by atoms with Gasteiger partial charge in [-0.2, -0.15) is 0 Å². The Labute approximate surface area is 155 Å². The lowest BCUT2D eigenvalue weighted by molar-refractivity contribution is -0.138. The third kappa shape index (κ3) is 4.46. The smallest absolute Gasteiger partial charge is 0.226 e. The predicted molar refractivity (Wildman–Crippen MR) is 102 cm³/mol. The Balaban J connectivity index is 1.59. The molecule has 0 atom stereocenters. The topological polar surface area (TPSA) is 36.4 Å². The molecule has 0 spiro atoms. The summed E-state index contributed by atoms with van der Waals surface area (Å²) < 4.78 is 0. The summed E-state index contributed by atoms with van der Waals surface area (Å²) in [7, 11) is 0. The van der Waals surface area contributed by atoms with Gasteiger partial charge < -0.3 is 9.80 Å². The highest BCUT2D eigenvalue weighted by Crippen LogP contribution is 2.28. The number of carbonyl (C=O) groups excluding carboxylic acids is 1. The fourth-order valence-electron chi connectivity index (χ4n) is 4.02. The van der Waals surface area contributed by atoms with Crippen LogP contribution in [0.2, 0.25) is 5.02 Å². The van der Waals surface area contributed by atoms with E-state index in [0.29, 0.717) is 17.6 Å². The molecule has 2 heterocycles. The van der Waals surface area contributed by atoms with Gasteiger partial charge >= 0.3 is 0 Å². The first-order valence-corrected chi connectivity index (χ1v) is 9.67. The van der Waals surface area contributed by atoms with Crippen LogP contribution in [0, 0.1) is 18.3 Å². The summed E-state index contributed by atoms with van der Waals surface area (Å²) in [4.78, 5) is 21.7. The molecule has 134 valence electrons. The molecule has 3 rings (SSSR count). The van der Waals surface area contributed by atoms with Crippen molar-refractivity contribution in [2.75, 3.05) is 24.5 Å². The van der Waals surface area contributed by atoms with Crippen molar-refractivity contribution < 1.29 is 4.79 Å². The molecule has 1 amide bonds. The Morgan fingerprint density at radius 3 is 2.56 bits per heavy atom. The van der Waals surface area contributed by atoms with Crippen molar-refractivity contribution in [1.82, 2.24) is 9.88 Å². The van der Waals surface area contributed by atoms with Gasteiger partial charge in [-0.25, -0.2) is 4.98 Å². The molecule has 25 heavy (non-hydrogen) atoms. The van der Waals surface area contributed by atoms with Crippen molar-refractivity contribution in [3.63, 3.8) is 0 Å². The number of rotatable bonds is 4. The number of piperidine rings is 1. The molecule has 1 aromatic heterocycles. The molecule has 1 aromatic rings. The summed E-state index contributed by atoms with van der Waals surface area (Å²) in [5.74, 6) is 3.97. The van der Waals surface area contributed by atoms with Gasteiger partial charge in [-0.1, -0.05) is 36.8 Å². The van der Waals surface area contributed by atoms with Crippen molar-refractivity contribution in [2.24, 2.45) is 5.92 Å². The number of anilines is 1. The first-order chi connectivity index (χ1) is 12.2. The highest BCUT2D eigenvalue weighted by Gasteiger charge is 2.32. The molecule has 2 fully saturated rings. The van der Waals surface area contributed by atoms with Gasteiger partial charge in [-0.3, -0.25) is 4.79 Å². The minimum absolute atomic E-state index is 0.0822. The van der Waals surface area contributed by atoms with Gasteiger partial charge in [-0.15, -0.1) is 6.42 Å². The third-order valence-corrected chi connectivity index (χ3v) is 5.66. The van der Waals surface area contributed by atoms with E-state index in [1.807, 2.05) is 17.0 Å². The molecule has 0 aromatic carbocycles. The second-order valence-corrected chi connectivity index (χ2v) is 7.49. The van der Waals surface area contributed by atoms with Crippen LogP contribution >= 0.6 is 11.6 Å². The molecule has 4 nitrogen and oxygen atoms in total. The average molecular weight is 360 g/mol. The van der Waals surface area contributed by atoms with Crippen LogP contribution in [-0.4, -0.2) is 41.5 Å². The van der Waals surface area contributed by atoms with E-state index in [1.165, 1.54) is 19.3 Å². The van der Waals surface area contributed by atoms with Crippen LogP contribution in [0.25, 0.3) is 0 Å². The Morgan fingerprint density at radius 1 is 1.24 bits per heavy atom. The van der Waals surface area contributed by atoms with Gasteiger partial charge in [0.15, 0.2) is 0 Å². The lowest BCUT2D eigenvalue weighted by atomic mass is 9.90. The Bertz CT molecular complexity index is 611. The van der Waals surface area contributed by atoms with Gasteiger partial charge in [0.25, 0.3) is 0 Å². The summed E-state index contributed by atoms with van der Waals surface area (Å²) in [5.41, 5.74) is 0. The van der Waals surface area contributed by atoms with Gasteiger partial charge in [0.05, 0.1) is 11.6 Å². The molecule has 0 unspecified atom stereocenters. The Kier molecular flexibility index (Phi) is 6.20. The van der Waals surface area contributed by atoms with E-state index in [9.17, 15) is 4.79 Å². The number of halogens is 1. The number of amides is 1. The molecule has 5 heteroatoms. The standard InChI is InChI=1S/C20H26ClN3O/c1-2-12-24(18-6-4-3-5-7-18)20(25)16-10-13-23(14-11-16)19-9-8-17(21)15-22-19/h1,8-9,15-16,18H,3-7,10-14H2. The number of hydrogen-bond acceptors (Lipinski definition) is 3. The van der Waals surface area contributed by atoms with E-state index in [-0.39, 0.29) is 11.8 Å². The van der Waals surface area contributed by atoms with E-state index in [1.54, 1.807) is 6.20 Å². The van der Waals surface area contributed by atoms with Gasteiger partial charge in [0.1, 0.15) is 5.82 Å². The summed E-state index contributed by atoms with van der Waals surface area (Å²) in [6.07, 6.45) is 14.8. The van der Waals surface area contributed by atoms with Crippen molar-refractivity contribution in [1.29, 1.82) is 0 Å². The maximum absolute atomic E-state index is 13.1. The zero-order valence-corrected chi connectivity index (χ0v) is 15.4. The van der Waals surface area contributed by atoms with E-state index in [0.717, 1.165) is 44.6 Å². The lowest BCUT2D eigenvalue weighted by Gasteiger charge is -2.38. The quantitative estimate of drug-likeness (QED) is 0.768. The van der Waals surface area contributed by atoms with E-state index >= 15 is 0 Å². The molecule has 1 saturated heterocycles. The number of terminal acetylenes is 1. The monoisotopic (exact) mass is 359 g/mol. The summed E-state index contributed by atoms with van der Waals surface area (Å²) in [6, 6.07) is 4.14. The molecule has 1 aliphatic heterocycles. The molecular formula is C20H26ClN3O. The minimum atomic E-state index is 0.0822. The third-order valence-electron chi connectivity index (χ3n) is 5.44. The fraction of sp³-hybridized carbons (Fsp3) is 0.600. The zero-order chi connectivity index (χ0) is 17.6. The van der Waals surface area contributed by atoms with E-state index in [2.05, 4.69) is 15.8 Å². The Morgan fingerprint density at radius 2 is 1.96 bits per heavy atom. The summed E-state index contributed by atoms with van der Waals surface area (Å²) >= 11 is 5.91. The molecule has 2 aliphatic rings. The maximum Gasteiger partial charge on any atom is 0.226 e. The maximum atomic E-state index is 13.1. The van der Waals surface area contributed by atoms with Crippen LogP contribution in [-0.2, 0) is 4.79 Å². The van der Waals surface area contributed by atoms with E-state index in [4.69, 9.17) is 18.0 Å². The zero-order valence-electron chi connectivity index (χ0n) is 14.7. The van der Waals surface area contributed by atoms with Gasteiger partial charge in [-0.05, 0) is 37.8 Å². The number of nitrogens with zero attached hydrogens (tertiary/aromatic N) is 3. The van der Waals surface area contributed by atoms with E-state index < -0.39 is 0 Å². The fourth-order valence-corrected chi connectivity index (χ4v) is 4.13. The average Bonchev–Trinajstić information content (AvgIpc) is 2.67. The largest absolute Gasteiger partial charge is 0.357 e. The number of aromatic nitrogens is 1. The molecule has 0 radical (unpaired) electrons. The predicted octanol–water partition coefficient (Wildman–Crippen LogP) is 3.75. The van der Waals surface area contributed by atoms with Crippen LogP contribution < -0.4 is 4.90 Å². The van der Waals surface area contributed by atoms with Crippen LogP contribution in [0.3, 0.4) is 0 Å². The number of pyridine rings is 1. The van der Waals surface area contributed by atoms with Crippen LogP contribution in [0.4, 0.5) is 5.82 Å². The van der Waals surface area contributed by atoms with Crippen LogP contribution in [0.5, 0.6) is 0 Å². The van der Waals surface area contributed by atoms with Crippen molar-refractivity contribution in [3.8, 4) is 12.3 Å². The molecule has 0 N–H and O–H groups in total. The molecule has 1 saturated carbocycles. The Hall–Kier alpha value is -1.73. The van der Waals surface area contributed by atoms with Crippen LogP contribution in [0.1, 0.15) is 44.9 Å². The van der Waals surface area contributed by atoms with Crippen molar-refractivity contribution >= 4 is 23.3 Å². The van der Waals surface area contributed by atoms with Crippen molar-refractivity contribution in [3.05, 3.63) is 23.4 Å². The van der Waals surface area contributed by atoms with Gasteiger partial charge in [0, 0.05) is 31.2 Å². The second kappa shape index (κ2) is 8.58. The summed E-state index contributed by atoms with van der Waals surface area (Å²) in [6.45, 7) is 2.14. The molecule has 1 aliphatic carbocycles. The second-order valence-electron chi connectivity index (χ2n) is 7.06. The number of hydrogen-bond donors (Lipinski definition) is 0.